The number of rotatable bonds is 7. The summed E-state index contributed by atoms with van der Waals surface area (Å²) in [6.07, 6.45) is 4.67. The van der Waals surface area contributed by atoms with E-state index in [9.17, 15) is 0 Å². The molecule has 0 aliphatic rings. The van der Waals surface area contributed by atoms with Gasteiger partial charge in [-0.2, -0.15) is 0 Å². The molecule has 25 heavy (non-hydrogen) atoms. The lowest BCUT2D eigenvalue weighted by molar-refractivity contribution is 0.336. The zero-order valence-electron chi connectivity index (χ0n) is 15.6. The van der Waals surface area contributed by atoms with Gasteiger partial charge in [0, 0.05) is 38.1 Å². The molecule has 5 nitrogen and oxygen atoms in total. The van der Waals surface area contributed by atoms with Gasteiger partial charge in [-0.1, -0.05) is 12.1 Å². The molecular weight excluding hydrogens is 312 g/mol. The Kier molecular flexibility index (Phi) is 7.26. The van der Waals surface area contributed by atoms with Crippen LogP contribution in [0.2, 0.25) is 0 Å². The Balaban J connectivity index is 1.87. The van der Waals surface area contributed by atoms with Crippen molar-refractivity contribution in [3.05, 3.63) is 58.9 Å². The second-order valence-electron chi connectivity index (χ2n) is 5.95. The van der Waals surface area contributed by atoms with Gasteiger partial charge in [-0.05, 0) is 56.0 Å². The highest BCUT2D eigenvalue weighted by atomic mass is 16.5. The first-order valence-corrected chi connectivity index (χ1v) is 8.70. The molecule has 0 aliphatic carbocycles. The number of ether oxygens (including phenoxy) is 1. The molecule has 1 aromatic heterocycles. The van der Waals surface area contributed by atoms with E-state index in [1.54, 1.807) is 7.05 Å². The van der Waals surface area contributed by atoms with Crippen LogP contribution in [0.25, 0.3) is 0 Å². The number of aromatic nitrogens is 1. The Labute approximate surface area is 150 Å². The number of pyridine rings is 1. The lowest BCUT2D eigenvalue weighted by atomic mass is 10.1. The minimum absolute atomic E-state index is 0.661. The van der Waals surface area contributed by atoms with Gasteiger partial charge in [-0.3, -0.25) is 9.98 Å². The Morgan fingerprint density at radius 2 is 2.00 bits per heavy atom. The maximum atomic E-state index is 5.73. The number of nitrogens with zero attached hydrogens (tertiary/aromatic N) is 2. The monoisotopic (exact) mass is 340 g/mol. The maximum absolute atomic E-state index is 5.73. The van der Waals surface area contributed by atoms with Crippen LogP contribution >= 0.6 is 0 Å². The van der Waals surface area contributed by atoms with Gasteiger partial charge in [0.1, 0.15) is 5.75 Å². The van der Waals surface area contributed by atoms with Crippen LogP contribution in [-0.2, 0) is 13.0 Å². The average molecular weight is 340 g/mol. The van der Waals surface area contributed by atoms with Crippen molar-refractivity contribution >= 4 is 5.96 Å². The molecular formula is C20H28N4O. The SMILES string of the molecule is CCOc1cc(C)ccc1CNC(=NC)NCCc1ccncc1C. The Bertz CT molecular complexity index is 713. The molecule has 2 aromatic rings. The van der Waals surface area contributed by atoms with Gasteiger partial charge in [-0.25, -0.2) is 0 Å². The smallest absolute Gasteiger partial charge is 0.191 e. The minimum Gasteiger partial charge on any atom is -0.494 e. The van der Waals surface area contributed by atoms with Gasteiger partial charge >= 0.3 is 0 Å². The molecule has 0 bridgehead atoms. The normalized spacial score (nSPS) is 11.3. The number of aliphatic imine (C=N–C) groups is 1. The van der Waals surface area contributed by atoms with E-state index in [1.165, 1.54) is 16.7 Å². The second-order valence-corrected chi connectivity index (χ2v) is 5.95. The van der Waals surface area contributed by atoms with E-state index >= 15 is 0 Å². The van der Waals surface area contributed by atoms with Gasteiger partial charge in [0.2, 0.25) is 0 Å². The van der Waals surface area contributed by atoms with Gasteiger partial charge in [-0.15, -0.1) is 0 Å². The van der Waals surface area contributed by atoms with Crippen LogP contribution in [0.5, 0.6) is 5.75 Å². The zero-order valence-corrected chi connectivity index (χ0v) is 15.6. The molecule has 134 valence electrons. The molecule has 0 atom stereocenters. The Hall–Kier alpha value is -2.56. The largest absolute Gasteiger partial charge is 0.494 e. The molecule has 0 radical (unpaired) electrons. The predicted molar refractivity (Wildman–Crippen MR) is 103 cm³/mol. The standard InChI is InChI=1S/C20H28N4O/c1-5-25-19-12-15(2)6-7-18(19)14-24-20(21-4)23-11-9-17-8-10-22-13-16(17)3/h6-8,10,12-13H,5,9,11,14H2,1-4H3,(H2,21,23,24). The fraction of sp³-hybridized carbons (Fsp3) is 0.400. The molecule has 1 aromatic carbocycles. The van der Waals surface area contributed by atoms with E-state index in [0.717, 1.165) is 30.2 Å². The third kappa shape index (κ3) is 5.78. The Morgan fingerprint density at radius 3 is 2.72 bits per heavy atom. The van der Waals surface area contributed by atoms with Crippen molar-refractivity contribution in [2.24, 2.45) is 4.99 Å². The molecule has 2 N–H and O–H groups in total. The first-order valence-electron chi connectivity index (χ1n) is 8.70. The lowest BCUT2D eigenvalue weighted by Crippen LogP contribution is -2.38. The number of guanidine groups is 1. The molecule has 0 aliphatic heterocycles. The topological polar surface area (TPSA) is 58.5 Å². The molecule has 5 heteroatoms. The Morgan fingerprint density at radius 1 is 1.16 bits per heavy atom. The fourth-order valence-corrected chi connectivity index (χ4v) is 2.60. The van der Waals surface area contributed by atoms with E-state index in [0.29, 0.717) is 13.2 Å². The summed E-state index contributed by atoms with van der Waals surface area (Å²) in [7, 11) is 1.78. The van der Waals surface area contributed by atoms with Crippen LogP contribution in [0.4, 0.5) is 0 Å². The van der Waals surface area contributed by atoms with E-state index in [-0.39, 0.29) is 0 Å². The van der Waals surface area contributed by atoms with E-state index in [1.807, 2.05) is 19.3 Å². The van der Waals surface area contributed by atoms with E-state index in [2.05, 4.69) is 58.7 Å². The number of hydrogen-bond donors (Lipinski definition) is 2. The third-order valence-electron chi connectivity index (χ3n) is 4.02. The van der Waals surface area contributed by atoms with Crippen LogP contribution in [0.1, 0.15) is 29.2 Å². The summed E-state index contributed by atoms with van der Waals surface area (Å²) in [6, 6.07) is 8.33. The summed E-state index contributed by atoms with van der Waals surface area (Å²) < 4.78 is 5.73. The van der Waals surface area contributed by atoms with Crippen LogP contribution < -0.4 is 15.4 Å². The maximum Gasteiger partial charge on any atom is 0.191 e. The highest BCUT2D eigenvalue weighted by Gasteiger charge is 2.05. The van der Waals surface area contributed by atoms with Crippen molar-refractivity contribution in [1.29, 1.82) is 0 Å². The number of aryl methyl sites for hydroxylation is 2. The van der Waals surface area contributed by atoms with Crippen LogP contribution in [-0.4, -0.2) is 31.1 Å². The third-order valence-corrected chi connectivity index (χ3v) is 4.02. The summed E-state index contributed by atoms with van der Waals surface area (Å²) in [5.41, 5.74) is 4.84. The first kappa shape index (κ1) is 18.8. The number of nitrogens with one attached hydrogen (secondary N) is 2. The predicted octanol–water partition coefficient (Wildman–Crippen LogP) is 3.00. The molecule has 0 unspecified atom stereocenters. The molecule has 1 heterocycles. The number of hydrogen-bond acceptors (Lipinski definition) is 3. The molecule has 0 spiro atoms. The summed E-state index contributed by atoms with van der Waals surface area (Å²) in [4.78, 5) is 8.42. The molecule has 0 saturated carbocycles. The summed E-state index contributed by atoms with van der Waals surface area (Å²) in [5.74, 6) is 1.72. The van der Waals surface area contributed by atoms with Crippen molar-refractivity contribution in [1.82, 2.24) is 15.6 Å². The lowest BCUT2D eigenvalue weighted by Gasteiger charge is -2.15. The van der Waals surface area contributed by atoms with Crippen molar-refractivity contribution < 1.29 is 4.74 Å². The van der Waals surface area contributed by atoms with Crippen molar-refractivity contribution in [2.45, 2.75) is 33.7 Å². The van der Waals surface area contributed by atoms with Gasteiger partial charge in [0.05, 0.1) is 6.61 Å². The van der Waals surface area contributed by atoms with Crippen LogP contribution in [0.3, 0.4) is 0 Å². The highest BCUT2D eigenvalue weighted by Crippen LogP contribution is 2.20. The van der Waals surface area contributed by atoms with Crippen molar-refractivity contribution in [3.8, 4) is 5.75 Å². The van der Waals surface area contributed by atoms with E-state index in [4.69, 9.17) is 4.74 Å². The van der Waals surface area contributed by atoms with Crippen LogP contribution in [0.15, 0.2) is 41.7 Å². The minimum atomic E-state index is 0.661. The van der Waals surface area contributed by atoms with Crippen molar-refractivity contribution in [3.63, 3.8) is 0 Å². The van der Waals surface area contributed by atoms with Gasteiger partial charge in [0.25, 0.3) is 0 Å². The van der Waals surface area contributed by atoms with Gasteiger partial charge in [0.15, 0.2) is 5.96 Å². The van der Waals surface area contributed by atoms with E-state index < -0.39 is 0 Å². The fourth-order valence-electron chi connectivity index (χ4n) is 2.60. The highest BCUT2D eigenvalue weighted by molar-refractivity contribution is 5.79. The molecule has 0 fully saturated rings. The molecule has 0 saturated heterocycles. The van der Waals surface area contributed by atoms with Crippen LogP contribution in [0, 0.1) is 13.8 Å². The summed E-state index contributed by atoms with van der Waals surface area (Å²) in [5, 5.41) is 6.71. The quantitative estimate of drug-likeness (QED) is 0.601. The summed E-state index contributed by atoms with van der Waals surface area (Å²) >= 11 is 0. The molecule has 2 rings (SSSR count). The van der Waals surface area contributed by atoms with Crippen molar-refractivity contribution in [2.75, 3.05) is 20.2 Å². The number of benzene rings is 1. The first-order chi connectivity index (χ1) is 12.1. The zero-order chi connectivity index (χ0) is 18.1. The summed E-state index contributed by atoms with van der Waals surface area (Å²) in [6.45, 7) is 8.31. The second kappa shape index (κ2) is 9.67. The van der Waals surface area contributed by atoms with Gasteiger partial charge < -0.3 is 15.4 Å². The molecule has 0 amide bonds. The average Bonchev–Trinajstić information content (AvgIpc) is 2.61.